The second-order valence-electron chi connectivity index (χ2n) is 5.41. The lowest BCUT2D eigenvalue weighted by molar-refractivity contribution is -0.384. The van der Waals surface area contributed by atoms with E-state index >= 15 is 0 Å². The second kappa shape index (κ2) is 7.27. The Bertz CT molecular complexity index is 750. The number of carbonyl (C=O) groups excluding carboxylic acids is 1. The van der Waals surface area contributed by atoms with Gasteiger partial charge in [0.15, 0.2) is 0 Å². The summed E-state index contributed by atoms with van der Waals surface area (Å²) in [5.41, 5.74) is 0.721. The number of carbonyl (C=O) groups is 1. The molecular formula is C17H17N3O3S. The van der Waals surface area contributed by atoms with Gasteiger partial charge in [0.2, 0.25) is 5.91 Å². The molecule has 0 bridgehead atoms. The van der Waals surface area contributed by atoms with Crippen molar-refractivity contribution in [2.75, 3.05) is 31.1 Å². The molecule has 1 fully saturated rings. The maximum absolute atomic E-state index is 12.2. The SMILES string of the molecule is O=C(/C=C/c1cccs1)N1CCN(c2ccccc2[N+](=O)[O-])CC1. The van der Waals surface area contributed by atoms with Crippen molar-refractivity contribution in [2.24, 2.45) is 0 Å². The van der Waals surface area contributed by atoms with Crippen LogP contribution in [-0.4, -0.2) is 41.9 Å². The summed E-state index contributed by atoms with van der Waals surface area (Å²) in [5.74, 6) is -0.0226. The van der Waals surface area contributed by atoms with Gasteiger partial charge in [0.1, 0.15) is 5.69 Å². The minimum absolute atomic E-state index is 0.0226. The monoisotopic (exact) mass is 343 g/mol. The smallest absolute Gasteiger partial charge is 0.292 e. The zero-order valence-corrected chi connectivity index (χ0v) is 13.8. The van der Waals surface area contributed by atoms with Crippen LogP contribution in [0, 0.1) is 10.1 Å². The summed E-state index contributed by atoms with van der Waals surface area (Å²) in [6.07, 6.45) is 3.41. The molecule has 1 aliphatic rings. The molecule has 0 atom stereocenters. The van der Waals surface area contributed by atoms with Crippen LogP contribution in [0.25, 0.3) is 6.08 Å². The highest BCUT2D eigenvalue weighted by Crippen LogP contribution is 2.28. The van der Waals surface area contributed by atoms with Gasteiger partial charge in [-0.05, 0) is 23.6 Å². The van der Waals surface area contributed by atoms with Crippen LogP contribution in [0.5, 0.6) is 0 Å². The fraction of sp³-hybridized carbons (Fsp3) is 0.235. The molecule has 0 saturated carbocycles. The predicted molar refractivity (Wildman–Crippen MR) is 95.2 cm³/mol. The van der Waals surface area contributed by atoms with Crippen molar-refractivity contribution < 1.29 is 9.72 Å². The lowest BCUT2D eigenvalue weighted by atomic mass is 10.2. The quantitative estimate of drug-likeness (QED) is 0.486. The molecule has 1 saturated heterocycles. The number of hydrogen-bond acceptors (Lipinski definition) is 5. The van der Waals surface area contributed by atoms with Gasteiger partial charge in [-0.15, -0.1) is 11.3 Å². The summed E-state index contributed by atoms with van der Waals surface area (Å²) in [6.45, 7) is 2.28. The number of nitro groups is 1. The summed E-state index contributed by atoms with van der Waals surface area (Å²) in [4.78, 5) is 27.8. The molecule has 1 aliphatic heterocycles. The topological polar surface area (TPSA) is 66.7 Å². The standard InChI is InChI=1S/C17H17N3O3S/c21-17(8-7-14-4-3-13-24-14)19-11-9-18(10-12-19)15-5-1-2-6-16(15)20(22)23/h1-8,13H,9-12H2/b8-7+. The maximum atomic E-state index is 12.2. The van der Waals surface area contributed by atoms with Crippen molar-refractivity contribution in [3.63, 3.8) is 0 Å². The Morgan fingerprint density at radius 3 is 2.54 bits per heavy atom. The first-order valence-electron chi connectivity index (χ1n) is 7.64. The van der Waals surface area contributed by atoms with Gasteiger partial charge >= 0.3 is 0 Å². The Hall–Kier alpha value is -2.67. The molecule has 0 aliphatic carbocycles. The third-order valence-electron chi connectivity index (χ3n) is 3.94. The highest BCUT2D eigenvalue weighted by Gasteiger charge is 2.24. The third-order valence-corrected chi connectivity index (χ3v) is 4.78. The lowest BCUT2D eigenvalue weighted by Gasteiger charge is -2.35. The van der Waals surface area contributed by atoms with E-state index in [-0.39, 0.29) is 16.5 Å². The lowest BCUT2D eigenvalue weighted by Crippen LogP contribution is -2.48. The first-order chi connectivity index (χ1) is 11.6. The molecular weight excluding hydrogens is 326 g/mol. The number of amides is 1. The fourth-order valence-electron chi connectivity index (χ4n) is 2.70. The van der Waals surface area contributed by atoms with Crippen molar-refractivity contribution in [2.45, 2.75) is 0 Å². The Morgan fingerprint density at radius 1 is 1.12 bits per heavy atom. The van der Waals surface area contributed by atoms with Crippen LogP contribution in [0.1, 0.15) is 4.88 Å². The van der Waals surface area contributed by atoms with Crippen molar-refractivity contribution >= 4 is 34.7 Å². The summed E-state index contributed by atoms with van der Waals surface area (Å²) in [5, 5.41) is 13.1. The second-order valence-corrected chi connectivity index (χ2v) is 6.39. The molecule has 1 amide bonds. The van der Waals surface area contributed by atoms with Gasteiger partial charge in [0, 0.05) is 43.2 Å². The normalized spacial score (nSPS) is 15.0. The van der Waals surface area contributed by atoms with Gasteiger partial charge in [0.25, 0.3) is 5.69 Å². The van der Waals surface area contributed by atoms with E-state index < -0.39 is 0 Å². The molecule has 3 rings (SSSR count). The molecule has 2 heterocycles. The number of anilines is 1. The molecule has 124 valence electrons. The van der Waals surface area contributed by atoms with E-state index in [1.54, 1.807) is 40.5 Å². The number of para-hydroxylation sites is 2. The molecule has 24 heavy (non-hydrogen) atoms. The van der Waals surface area contributed by atoms with Crippen LogP contribution in [-0.2, 0) is 4.79 Å². The average Bonchev–Trinajstić information content (AvgIpc) is 3.13. The number of nitrogens with zero attached hydrogens (tertiary/aromatic N) is 3. The molecule has 2 aromatic rings. The van der Waals surface area contributed by atoms with Crippen molar-refractivity contribution in [3.05, 3.63) is 62.8 Å². The molecule has 6 nitrogen and oxygen atoms in total. The van der Waals surface area contributed by atoms with Crippen LogP contribution < -0.4 is 4.90 Å². The number of hydrogen-bond donors (Lipinski definition) is 0. The molecule has 0 spiro atoms. The van der Waals surface area contributed by atoms with E-state index in [9.17, 15) is 14.9 Å². The summed E-state index contributed by atoms with van der Waals surface area (Å²) in [7, 11) is 0. The highest BCUT2D eigenvalue weighted by molar-refractivity contribution is 7.10. The number of rotatable bonds is 4. The third kappa shape index (κ3) is 3.62. The van der Waals surface area contributed by atoms with Crippen LogP contribution in [0.2, 0.25) is 0 Å². The zero-order chi connectivity index (χ0) is 16.9. The van der Waals surface area contributed by atoms with Crippen LogP contribution in [0.3, 0.4) is 0 Å². The van der Waals surface area contributed by atoms with E-state index in [1.165, 1.54) is 6.07 Å². The Labute approximate surface area is 143 Å². The van der Waals surface area contributed by atoms with Crippen LogP contribution >= 0.6 is 11.3 Å². The molecule has 1 aromatic heterocycles. The summed E-state index contributed by atoms with van der Waals surface area (Å²) in [6, 6.07) is 10.6. The van der Waals surface area contributed by atoms with E-state index in [4.69, 9.17) is 0 Å². The van der Waals surface area contributed by atoms with E-state index in [1.807, 2.05) is 28.5 Å². The molecule has 7 heteroatoms. The molecule has 0 unspecified atom stereocenters. The minimum atomic E-state index is -0.364. The largest absolute Gasteiger partial charge is 0.362 e. The van der Waals surface area contributed by atoms with E-state index in [0.717, 1.165) is 4.88 Å². The van der Waals surface area contributed by atoms with Gasteiger partial charge in [-0.1, -0.05) is 18.2 Å². The summed E-state index contributed by atoms with van der Waals surface area (Å²) >= 11 is 1.58. The number of piperazine rings is 1. The fourth-order valence-corrected chi connectivity index (χ4v) is 3.32. The van der Waals surface area contributed by atoms with Gasteiger partial charge in [-0.3, -0.25) is 14.9 Å². The van der Waals surface area contributed by atoms with Gasteiger partial charge in [-0.2, -0.15) is 0 Å². The molecule has 0 N–H and O–H groups in total. The van der Waals surface area contributed by atoms with E-state index in [2.05, 4.69) is 0 Å². The zero-order valence-electron chi connectivity index (χ0n) is 13.0. The van der Waals surface area contributed by atoms with Gasteiger partial charge in [-0.25, -0.2) is 0 Å². The number of nitro benzene ring substituents is 1. The van der Waals surface area contributed by atoms with Crippen molar-refractivity contribution in [3.8, 4) is 0 Å². The summed E-state index contributed by atoms with van der Waals surface area (Å²) < 4.78 is 0. The van der Waals surface area contributed by atoms with Crippen LogP contribution in [0.15, 0.2) is 47.9 Å². The van der Waals surface area contributed by atoms with Crippen molar-refractivity contribution in [1.82, 2.24) is 4.90 Å². The van der Waals surface area contributed by atoms with Crippen molar-refractivity contribution in [1.29, 1.82) is 0 Å². The molecule has 0 radical (unpaired) electrons. The maximum Gasteiger partial charge on any atom is 0.292 e. The van der Waals surface area contributed by atoms with Gasteiger partial charge in [0.05, 0.1) is 4.92 Å². The first-order valence-corrected chi connectivity index (χ1v) is 8.52. The van der Waals surface area contributed by atoms with Gasteiger partial charge < -0.3 is 9.80 Å². The molecule has 1 aromatic carbocycles. The number of thiophene rings is 1. The Kier molecular flexibility index (Phi) is 4.90. The number of benzene rings is 1. The predicted octanol–water partition coefficient (Wildman–Crippen LogP) is 3.02. The highest BCUT2D eigenvalue weighted by atomic mass is 32.1. The Morgan fingerprint density at radius 2 is 1.88 bits per heavy atom. The van der Waals surface area contributed by atoms with Crippen LogP contribution in [0.4, 0.5) is 11.4 Å². The minimum Gasteiger partial charge on any atom is -0.362 e. The van der Waals surface area contributed by atoms with E-state index in [0.29, 0.717) is 31.9 Å². The Balaban J connectivity index is 1.62. The average molecular weight is 343 g/mol. The first kappa shape index (κ1) is 16.2.